The number of carbonyl (C=O) groups excluding carboxylic acids is 2. The monoisotopic (exact) mass is 325 g/mol. The molecule has 0 fully saturated rings. The van der Waals surface area contributed by atoms with Gasteiger partial charge in [-0.15, -0.1) is 0 Å². The van der Waals surface area contributed by atoms with Gasteiger partial charge in [0, 0.05) is 11.8 Å². The topological polar surface area (TPSA) is 46.2 Å². The summed E-state index contributed by atoms with van der Waals surface area (Å²) in [5, 5.41) is 3.00. The van der Waals surface area contributed by atoms with Gasteiger partial charge in [-0.05, 0) is 6.92 Å². The van der Waals surface area contributed by atoms with Crippen molar-refractivity contribution < 1.29 is 9.59 Å². The smallest absolute Gasteiger partial charge is 0.162 e. The minimum absolute atomic E-state index is 0.116. The zero-order valence-electron chi connectivity index (χ0n) is 10.1. The zero-order valence-corrected chi connectivity index (χ0v) is 12.3. The van der Waals surface area contributed by atoms with Crippen molar-refractivity contribution in [2.75, 3.05) is 6.54 Å². The fraction of sp³-hybridized carbons (Fsp3) is 0.818. The molecule has 0 bridgehead atoms. The molecule has 0 radical (unpaired) electrons. The molecular formula is C11H20INO2. The van der Waals surface area contributed by atoms with Crippen LogP contribution in [0.5, 0.6) is 0 Å². The molecule has 3 nitrogen and oxygen atoms in total. The Labute approximate surface area is 106 Å². The summed E-state index contributed by atoms with van der Waals surface area (Å²) in [4.78, 5) is 23.2. The summed E-state index contributed by atoms with van der Waals surface area (Å²) in [6.45, 7) is 9.51. The van der Waals surface area contributed by atoms with E-state index in [1.54, 1.807) is 6.92 Å². The van der Waals surface area contributed by atoms with Crippen molar-refractivity contribution in [2.24, 2.45) is 5.41 Å². The maximum Gasteiger partial charge on any atom is 0.162 e. The molecule has 0 aromatic carbocycles. The minimum atomic E-state index is -0.632. The molecule has 15 heavy (non-hydrogen) atoms. The Bertz CT molecular complexity index is 254. The molecule has 0 heterocycles. The number of rotatable bonds is 5. The molecule has 1 atom stereocenters. The van der Waals surface area contributed by atoms with Crippen molar-refractivity contribution in [1.29, 1.82) is 0 Å². The molecule has 0 aliphatic rings. The highest BCUT2D eigenvalue weighted by Gasteiger charge is 2.30. The van der Waals surface area contributed by atoms with E-state index in [0.29, 0.717) is 6.42 Å². The summed E-state index contributed by atoms with van der Waals surface area (Å²) in [5.74, 6) is 0.235. The van der Waals surface area contributed by atoms with Crippen LogP contribution in [0.4, 0.5) is 0 Å². The van der Waals surface area contributed by atoms with Crippen molar-refractivity contribution in [2.45, 2.75) is 44.6 Å². The molecule has 0 rings (SSSR count). The van der Waals surface area contributed by atoms with Crippen LogP contribution in [0, 0.1) is 5.41 Å². The quantitative estimate of drug-likeness (QED) is 0.479. The molecule has 1 unspecified atom stereocenters. The second kappa shape index (κ2) is 5.39. The molecule has 0 aliphatic carbocycles. The Kier molecular flexibility index (Phi) is 5.40. The number of ketones is 2. The number of alkyl halides is 1. The third-order valence-corrected chi connectivity index (χ3v) is 3.25. The van der Waals surface area contributed by atoms with E-state index in [1.807, 2.05) is 27.7 Å². The Morgan fingerprint density at radius 3 is 1.93 bits per heavy atom. The molecular weight excluding hydrogens is 305 g/mol. The molecule has 88 valence electrons. The number of carbonyl (C=O) groups is 2. The highest BCUT2D eigenvalue weighted by molar-refractivity contribution is 14.1. The van der Waals surface area contributed by atoms with Crippen molar-refractivity contribution in [3.8, 4) is 0 Å². The summed E-state index contributed by atoms with van der Waals surface area (Å²) in [7, 11) is 0. The van der Waals surface area contributed by atoms with Gasteiger partial charge >= 0.3 is 0 Å². The molecule has 0 aromatic rings. The van der Waals surface area contributed by atoms with Gasteiger partial charge in [0.1, 0.15) is 3.55 Å². The lowest BCUT2D eigenvalue weighted by Gasteiger charge is -2.24. The Hall–Kier alpha value is 0.0300. The fourth-order valence-corrected chi connectivity index (χ4v) is 1.51. The number of nitrogens with one attached hydrogen (secondary N) is 1. The van der Waals surface area contributed by atoms with E-state index in [-0.39, 0.29) is 23.5 Å². The average Bonchev–Trinajstić information content (AvgIpc) is 2.11. The molecule has 0 aromatic heterocycles. The largest absolute Gasteiger partial charge is 0.298 e. The van der Waals surface area contributed by atoms with E-state index >= 15 is 0 Å². The lowest BCUT2D eigenvalue weighted by atomic mass is 9.90. The first kappa shape index (κ1) is 15.0. The first-order valence-electron chi connectivity index (χ1n) is 5.11. The van der Waals surface area contributed by atoms with Crippen LogP contribution in [0.3, 0.4) is 0 Å². The Morgan fingerprint density at radius 1 is 1.13 bits per heavy atom. The summed E-state index contributed by atoms with van der Waals surface area (Å²) in [5.41, 5.74) is -0.352. The third kappa shape index (κ3) is 5.06. The van der Waals surface area contributed by atoms with E-state index in [1.165, 1.54) is 0 Å². The first-order chi connectivity index (χ1) is 6.61. The molecule has 4 heteroatoms. The standard InChI is InChI=1S/C11H20INO2/c1-6-8(14)11(5,12)13-7-9(15)10(2,3)4/h13H,6-7H2,1-5H3. The van der Waals surface area contributed by atoms with Gasteiger partial charge in [0.25, 0.3) is 0 Å². The highest BCUT2D eigenvalue weighted by Crippen LogP contribution is 2.19. The van der Waals surface area contributed by atoms with Gasteiger partial charge in [-0.1, -0.05) is 50.3 Å². The summed E-state index contributed by atoms with van der Waals surface area (Å²) in [6, 6.07) is 0. The van der Waals surface area contributed by atoms with E-state index in [9.17, 15) is 9.59 Å². The maximum absolute atomic E-state index is 11.6. The normalized spacial score (nSPS) is 15.9. The SMILES string of the molecule is CCC(=O)C(C)(I)NCC(=O)C(C)(C)C. The van der Waals surface area contributed by atoms with E-state index in [2.05, 4.69) is 27.9 Å². The fourth-order valence-electron chi connectivity index (χ4n) is 0.942. The lowest BCUT2D eigenvalue weighted by Crippen LogP contribution is -2.47. The van der Waals surface area contributed by atoms with Crippen LogP contribution in [0.1, 0.15) is 41.0 Å². The molecule has 0 amide bonds. The van der Waals surface area contributed by atoms with E-state index in [4.69, 9.17) is 0 Å². The third-order valence-electron chi connectivity index (χ3n) is 2.26. The Morgan fingerprint density at radius 2 is 1.60 bits per heavy atom. The first-order valence-corrected chi connectivity index (χ1v) is 6.19. The van der Waals surface area contributed by atoms with Gasteiger partial charge in [0.2, 0.25) is 0 Å². The second-order valence-corrected chi connectivity index (χ2v) is 6.96. The molecule has 0 aliphatic heterocycles. The van der Waals surface area contributed by atoms with Crippen LogP contribution in [-0.2, 0) is 9.59 Å². The van der Waals surface area contributed by atoms with Crippen LogP contribution < -0.4 is 5.32 Å². The molecule has 1 N–H and O–H groups in total. The maximum atomic E-state index is 11.6. The van der Waals surface area contributed by atoms with Gasteiger partial charge < -0.3 is 0 Å². The number of hydrogen-bond donors (Lipinski definition) is 1. The van der Waals surface area contributed by atoms with Crippen LogP contribution in [0.15, 0.2) is 0 Å². The average molecular weight is 325 g/mol. The number of hydrogen-bond acceptors (Lipinski definition) is 3. The van der Waals surface area contributed by atoms with Gasteiger partial charge in [0.05, 0.1) is 6.54 Å². The van der Waals surface area contributed by atoms with Crippen molar-refractivity contribution in [1.82, 2.24) is 5.32 Å². The predicted molar refractivity (Wildman–Crippen MR) is 70.2 cm³/mol. The predicted octanol–water partition coefficient (Wildman–Crippen LogP) is 2.32. The van der Waals surface area contributed by atoms with Gasteiger partial charge in [0.15, 0.2) is 11.6 Å². The van der Waals surface area contributed by atoms with Crippen LogP contribution in [0.2, 0.25) is 0 Å². The van der Waals surface area contributed by atoms with Crippen LogP contribution in [-0.4, -0.2) is 21.7 Å². The van der Waals surface area contributed by atoms with Crippen LogP contribution in [0.25, 0.3) is 0 Å². The van der Waals surface area contributed by atoms with Gasteiger partial charge in [-0.2, -0.15) is 0 Å². The van der Waals surface area contributed by atoms with E-state index < -0.39 is 3.55 Å². The van der Waals surface area contributed by atoms with Gasteiger partial charge in [-0.3, -0.25) is 14.9 Å². The second-order valence-electron chi connectivity index (χ2n) is 4.81. The molecule has 0 spiro atoms. The summed E-state index contributed by atoms with van der Waals surface area (Å²) in [6.07, 6.45) is 0.482. The van der Waals surface area contributed by atoms with Crippen LogP contribution >= 0.6 is 22.6 Å². The minimum Gasteiger partial charge on any atom is -0.298 e. The number of Topliss-reactive ketones (excluding diaryl/α,β-unsaturated/α-hetero) is 2. The molecule has 0 saturated heterocycles. The summed E-state index contributed by atoms with van der Waals surface area (Å²) < 4.78 is -0.632. The molecule has 0 saturated carbocycles. The zero-order chi connectivity index (χ0) is 12.3. The van der Waals surface area contributed by atoms with Crippen molar-refractivity contribution >= 4 is 34.2 Å². The number of halogens is 1. The van der Waals surface area contributed by atoms with Crippen molar-refractivity contribution in [3.63, 3.8) is 0 Å². The van der Waals surface area contributed by atoms with E-state index in [0.717, 1.165) is 0 Å². The lowest BCUT2D eigenvalue weighted by molar-refractivity contribution is -0.126. The van der Waals surface area contributed by atoms with Crippen molar-refractivity contribution in [3.05, 3.63) is 0 Å². The summed E-state index contributed by atoms with van der Waals surface area (Å²) >= 11 is 2.05. The Balaban J connectivity index is 4.28. The highest BCUT2D eigenvalue weighted by atomic mass is 127. The van der Waals surface area contributed by atoms with Gasteiger partial charge in [-0.25, -0.2) is 0 Å².